The summed E-state index contributed by atoms with van der Waals surface area (Å²) in [5, 5.41) is 3.01. The van der Waals surface area contributed by atoms with Crippen LogP contribution in [0, 0.1) is 13.8 Å². The number of carbonyl (C=O) groups excluding carboxylic acids is 2. The molecule has 1 saturated heterocycles. The monoisotopic (exact) mass is 411 g/mol. The predicted molar refractivity (Wildman–Crippen MR) is 118 cm³/mol. The van der Waals surface area contributed by atoms with Crippen molar-refractivity contribution in [3.05, 3.63) is 57.9 Å². The summed E-state index contributed by atoms with van der Waals surface area (Å²) < 4.78 is 5.31. The van der Waals surface area contributed by atoms with Crippen LogP contribution in [-0.4, -0.2) is 41.0 Å². The lowest BCUT2D eigenvalue weighted by molar-refractivity contribution is 0.0376. The van der Waals surface area contributed by atoms with Crippen molar-refractivity contribution in [3.8, 4) is 0 Å². The number of hydrogen-bond acceptors (Lipinski definition) is 4. The van der Waals surface area contributed by atoms with E-state index in [0.29, 0.717) is 29.1 Å². The Morgan fingerprint density at radius 3 is 2.43 bits per heavy atom. The van der Waals surface area contributed by atoms with Crippen molar-refractivity contribution in [2.24, 2.45) is 0 Å². The number of H-pyrrole nitrogens is 1. The van der Waals surface area contributed by atoms with Gasteiger partial charge in [-0.3, -0.25) is 9.69 Å². The summed E-state index contributed by atoms with van der Waals surface area (Å²) in [6.07, 6.45) is 3.62. The van der Waals surface area contributed by atoms with Crippen LogP contribution in [0.4, 0.5) is 0 Å². The maximum atomic E-state index is 12.8. The van der Waals surface area contributed by atoms with Gasteiger partial charge in [0, 0.05) is 18.8 Å². The van der Waals surface area contributed by atoms with Crippen LogP contribution in [-0.2, 0) is 17.8 Å². The first-order chi connectivity index (χ1) is 14.4. The molecule has 1 aliphatic heterocycles. The maximum Gasteiger partial charge on any atom is 0.340 e. The summed E-state index contributed by atoms with van der Waals surface area (Å²) >= 11 is 0. The molecule has 2 heterocycles. The highest BCUT2D eigenvalue weighted by molar-refractivity contribution is 6.00. The molecule has 162 valence electrons. The quantitative estimate of drug-likeness (QED) is 0.673. The third-order valence-electron chi connectivity index (χ3n) is 5.61. The number of esters is 1. The van der Waals surface area contributed by atoms with Gasteiger partial charge in [-0.2, -0.15) is 0 Å². The van der Waals surface area contributed by atoms with Crippen LogP contribution in [0.15, 0.2) is 24.3 Å². The van der Waals surface area contributed by atoms with Crippen LogP contribution in [0.2, 0.25) is 0 Å². The molecule has 0 spiro atoms. The first kappa shape index (κ1) is 22.1. The van der Waals surface area contributed by atoms with Gasteiger partial charge in [0.2, 0.25) is 0 Å². The first-order valence-corrected chi connectivity index (χ1v) is 10.8. The zero-order chi connectivity index (χ0) is 21.7. The Morgan fingerprint density at radius 2 is 1.77 bits per heavy atom. The highest BCUT2D eigenvalue weighted by atomic mass is 16.5. The Kier molecular flexibility index (Phi) is 7.32. The van der Waals surface area contributed by atoms with Gasteiger partial charge in [-0.15, -0.1) is 0 Å². The molecule has 0 bridgehead atoms. The molecule has 0 atom stereocenters. The Morgan fingerprint density at radius 1 is 1.10 bits per heavy atom. The molecule has 6 heteroatoms. The van der Waals surface area contributed by atoms with E-state index in [4.69, 9.17) is 4.74 Å². The van der Waals surface area contributed by atoms with E-state index in [0.717, 1.165) is 25.2 Å². The number of aromatic amines is 1. The van der Waals surface area contributed by atoms with Gasteiger partial charge < -0.3 is 15.0 Å². The standard InChI is InChI=1S/C24H33N3O3/c1-16(2)30-24(29)21-17(3)22(26-18(21)4)23(28)25-14-19-10-6-7-11-20(19)15-27-12-8-5-9-13-27/h6-7,10-11,16,26H,5,8-9,12-15H2,1-4H3,(H,25,28). The lowest BCUT2D eigenvalue weighted by atomic mass is 10.0. The van der Waals surface area contributed by atoms with Crippen molar-refractivity contribution < 1.29 is 14.3 Å². The van der Waals surface area contributed by atoms with E-state index >= 15 is 0 Å². The molecule has 1 aliphatic rings. The second-order valence-corrected chi connectivity index (χ2v) is 8.37. The molecule has 1 fully saturated rings. The number of amides is 1. The number of hydrogen-bond donors (Lipinski definition) is 2. The van der Waals surface area contributed by atoms with Gasteiger partial charge in [0.25, 0.3) is 5.91 Å². The van der Waals surface area contributed by atoms with Gasteiger partial charge in [-0.25, -0.2) is 4.79 Å². The zero-order valence-corrected chi connectivity index (χ0v) is 18.5. The lowest BCUT2D eigenvalue weighted by Gasteiger charge is -2.27. The fourth-order valence-electron chi connectivity index (χ4n) is 4.06. The second kappa shape index (κ2) is 9.94. The Labute approximate surface area is 179 Å². The third-order valence-corrected chi connectivity index (χ3v) is 5.61. The minimum absolute atomic E-state index is 0.208. The molecule has 30 heavy (non-hydrogen) atoms. The van der Waals surface area contributed by atoms with Crippen molar-refractivity contribution in [1.82, 2.24) is 15.2 Å². The van der Waals surface area contributed by atoms with Crippen molar-refractivity contribution in [2.75, 3.05) is 13.1 Å². The van der Waals surface area contributed by atoms with Gasteiger partial charge in [0.05, 0.1) is 11.7 Å². The number of nitrogens with one attached hydrogen (secondary N) is 2. The summed E-state index contributed by atoms with van der Waals surface area (Å²) in [5.41, 5.74) is 4.50. The molecular weight excluding hydrogens is 378 g/mol. The lowest BCUT2D eigenvalue weighted by Crippen LogP contribution is -2.30. The Hall–Kier alpha value is -2.60. The molecule has 3 rings (SSSR count). The number of piperidine rings is 1. The normalized spacial score (nSPS) is 14.7. The van der Waals surface area contributed by atoms with E-state index in [1.165, 1.54) is 24.8 Å². The van der Waals surface area contributed by atoms with Crippen molar-refractivity contribution in [1.29, 1.82) is 0 Å². The van der Waals surface area contributed by atoms with E-state index in [1.807, 2.05) is 19.9 Å². The summed E-state index contributed by atoms with van der Waals surface area (Å²) in [6, 6.07) is 8.26. The third kappa shape index (κ3) is 5.30. The average molecular weight is 412 g/mol. The fourth-order valence-corrected chi connectivity index (χ4v) is 4.06. The Bertz CT molecular complexity index is 895. The Balaban J connectivity index is 1.68. The molecule has 0 radical (unpaired) electrons. The summed E-state index contributed by atoms with van der Waals surface area (Å²) in [5.74, 6) is -0.617. The van der Waals surface area contributed by atoms with Crippen LogP contribution in [0.25, 0.3) is 0 Å². The van der Waals surface area contributed by atoms with Gasteiger partial charge in [-0.05, 0) is 70.3 Å². The topological polar surface area (TPSA) is 74.4 Å². The summed E-state index contributed by atoms with van der Waals surface area (Å²) in [7, 11) is 0. The second-order valence-electron chi connectivity index (χ2n) is 8.37. The molecule has 2 aromatic rings. The highest BCUT2D eigenvalue weighted by Crippen LogP contribution is 2.20. The molecule has 2 N–H and O–H groups in total. The SMILES string of the molecule is Cc1[nH]c(C(=O)NCc2ccccc2CN2CCCCC2)c(C)c1C(=O)OC(C)C. The molecule has 0 saturated carbocycles. The van der Waals surface area contributed by atoms with Crippen LogP contribution >= 0.6 is 0 Å². The van der Waals surface area contributed by atoms with Gasteiger partial charge >= 0.3 is 5.97 Å². The van der Waals surface area contributed by atoms with Crippen LogP contribution in [0.5, 0.6) is 0 Å². The fraction of sp³-hybridized carbons (Fsp3) is 0.500. The van der Waals surface area contributed by atoms with E-state index in [1.54, 1.807) is 13.8 Å². The van der Waals surface area contributed by atoms with Crippen LogP contribution in [0.3, 0.4) is 0 Å². The molecule has 1 amide bonds. The molecule has 1 aromatic heterocycles. The predicted octanol–water partition coefficient (Wildman–Crippen LogP) is 4.11. The maximum absolute atomic E-state index is 12.8. The van der Waals surface area contributed by atoms with E-state index in [9.17, 15) is 9.59 Å². The summed E-state index contributed by atoms with van der Waals surface area (Å²) in [4.78, 5) is 30.8. The molecular formula is C24H33N3O3. The van der Waals surface area contributed by atoms with Crippen molar-refractivity contribution in [3.63, 3.8) is 0 Å². The minimum atomic E-state index is -0.401. The largest absolute Gasteiger partial charge is 0.459 e. The highest BCUT2D eigenvalue weighted by Gasteiger charge is 2.23. The van der Waals surface area contributed by atoms with E-state index in [2.05, 4.69) is 33.4 Å². The molecule has 0 aliphatic carbocycles. The average Bonchev–Trinajstić information content (AvgIpc) is 3.01. The number of nitrogens with zero attached hydrogens (tertiary/aromatic N) is 1. The summed E-state index contributed by atoms with van der Waals surface area (Å²) in [6.45, 7) is 10.8. The first-order valence-electron chi connectivity index (χ1n) is 10.8. The smallest absolute Gasteiger partial charge is 0.340 e. The number of ether oxygens (including phenoxy) is 1. The van der Waals surface area contributed by atoms with E-state index in [-0.39, 0.29) is 12.0 Å². The number of rotatable bonds is 7. The van der Waals surface area contributed by atoms with Crippen molar-refractivity contribution >= 4 is 11.9 Å². The van der Waals surface area contributed by atoms with Crippen LogP contribution < -0.4 is 5.32 Å². The van der Waals surface area contributed by atoms with E-state index < -0.39 is 5.97 Å². The number of aromatic nitrogens is 1. The number of carbonyl (C=O) groups is 2. The number of benzene rings is 1. The molecule has 0 unspecified atom stereocenters. The zero-order valence-electron chi connectivity index (χ0n) is 18.5. The molecule has 6 nitrogen and oxygen atoms in total. The van der Waals surface area contributed by atoms with Crippen molar-refractivity contribution in [2.45, 2.75) is 66.2 Å². The van der Waals surface area contributed by atoms with Gasteiger partial charge in [-0.1, -0.05) is 30.7 Å². The minimum Gasteiger partial charge on any atom is -0.459 e. The van der Waals surface area contributed by atoms with Crippen LogP contribution in [0.1, 0.15) is 76.3 Å². The van der Waals surface area contributed by atoms with Gasteiger partial charge in [0.15, 0.2) is 0 Å². The van der Waals surface area contributed by atoms with Gasteiger partial charge in [0.1, 0.15) is 5.69 Å². The molecule has 1 aromatic carbocycles. The number of aryl methyl sites for hydroxylation is 1. The number of likely N-dealkylation sites (tertiary alicyclic amines) is 1.